The highest BCUT2D eigenvalue weighted by atomic mass is 35.5. The Hall–Kier alpha value is -3.27. The third-order valence-corrected chi connectivity index (χ3v) is 5.15. The maximum absolute atomic E-state index is 12.6. The molecule has 0 heterocycles. The molecule has 1 rings (SSSR count). The molecule has 3 atom stereocenters. The first-order chi connectivity index (χ1) is 16.4. The normalized spacial score (nSPS) is 13.2. The van der Waals surface area contributed by atoms with Gasteiger partial charge in [0.2, 0.25) is 35.2 Å². The number of ketones is 2. The van der Waals surface area contributed by atoms with Gasteiger partial charge in [-0.2, -0.15) is 0 Å². The van der Waals surface area contributed by atoms with Gasteiger partial charge in [-0.3, -0.25) is 28.8 Å². The fourth-order valence-electron chi connectivity index (χ4n) is 3.21. The van der Waals surface area contributed by atoms with E-state index in [2.05, 4.69) is 21.3 Å². The minimum Gasteiger partial charge on any atom is -0.345 e. The van der Waals surface area contributed by atoms with Crippen LogP contribution in [0.5, 0.6) is 0 Å². The molecule has 0 aromatic heterocycles. The zero-order chi connectivity index (χ0) is 26.5. The quantitative estimate of drug-likeness (QED) is 0.209. The molecule has 0 spiro atoms. The van der Waals surface area contributed by atoms with Gasteiger partial charge in [-0.05, 0) is 24.8 Å². The van der Waals surface area contributed by atoms with Crippen molar-refractivity contribution < 1.29 is 28.8 Å². The van der Waals surface area contributed by atoms with Crippen LogP contribution >= 0.6 is 11.6 Å². The average Bonchev–Trinajstić information content (AvgIpc) is 2.80. The van der Waals surface area contributed by atoms with E-state index in [1.165, 1.54) is 13.8 Å². The highest BCUT2D eigenvalue weighted by molar-refractivity contribution is 6.48. The third kappa shape index (κ3) is 11.1. The van der Waals surface area contributed by atoms with Gasteiger partial charge in [-0.1, -0.05) is 44.2 Å². The van der Waals surface area contributed by atoms with Gasteiger partial charge in [-0.25, -0.2) is 0 Å². The Balaban J connectivity index is 2.66. The van der Waals surface area contributed by atoms with Crippen molar-refractivity contribution in [1.82, 2.24) is 21.3 Å². The lowest BCUT2D eigenvalue weighted by molar-refractivity contribution is -0.138. The summed E-state index contributed by atoms with van der Waals surface area (Å²) in [6.45, 7) is 5.93. The van der Waals surface area contributed by atoms with Gasteiger partial charge in [0.25, 0.3) is 0 Å². The second-order valence-electron chi connectivity index (χ2n) is 8.56. The molecule has 0 fully saturated rings. The second-order valence-corrected chi connectivity index (χ2v) is 8.83. The minimum absolute atomic E-state index is 0.0138. The predicted octanol–water partition coefficient (Wildman–Crippen LogP) is 0.263. The van der Waals surface area contributed by atoms with Crippen LogP contribution in [0.25, 0.3) is 0 Å². The largest absolute Gasteiger partial charge is 0.345 e. The fourth-order valence-corrected chi connectivity index (χ4v) is 3.34. The first kappa shape index (κ1) is 29.8. The van der Waals surface area contributed by atoms with E-state index in [4.69, 9.17) is 11.6 Å². The SMILES string of the molecule is CC(=O)N[C@@H](Cc1ccccc1)C(=O)NCC(=O)N[C@@H](C)C(=O)N[C@@H](CC(C)C)C(=O)C(=O)CCl. The van der Waals surface area contributed by atoms with Gasteiger partial charge < -0.3 is 21.3 Å². The number of hydrogen-bond acceptors (Lipinski definition) is 6. The molecule has 0 aliphatic carbocycles. The van der Waals surface area contributed by atoms with Crippen molar-refractivity contribution in [3.63, 3.8) is 0 Å². The monoisotopic (exact) mass is 508 g/mol. The summed E-state index contributed by atoms with van der Waals surface area (Å²) >= 11 is 5.45. The number of rotatable bonds is 14. The van der Waals surface area contributed by atoms with E-state index in [9.17, 15) is 28.8 Å². The summed E-state index contributed by atoms with van der Waals surface area (Å²) < 4.78 is 0. The molecule has 0 bridgehead atoms. The van der Waals surface area contributed by atoms with Crippen LogP contribution in [0.15, 0.2) is 30.3 Å². The number of halogens is 1. The molecule has 0 saturated carbocycles. The molecule has 1 aromatic carbocycles. The summed E-state index contributed by atoms with van der Waals surface area (Å²) in [4.78, 5) is 72.8. The van der Waals surface area contributed by atoms with Gasteiger partial charge >= 0.3 is 0 Å². The first-order valence-electron chi connectivity index (χ1n) is 11.3. The van der Waals surface area contributed by atoms with Crippen LogP contribution in [0.1, 0.15) is 39.7 Å². The number of alkyl halides is 1. The molecule has 0 radical (unpaired) electrons. The standard InChI is InChI=1S/C24H33ClN4O6/c1-14(2)10-18(22(33)20(31)12-25)29-23(34)15(3)27-21(32)13-26-24(35)19(28-16(4)30)11-17-8-6-5-7-9-17/h5-9,14-15,18-19H,10-13H2,1-4H3,(H,26,35)(H,27,32)(H,28,30)(H,29,34)/t15-,18-,19-/m0/s1. The zero-order valence-electron chi connectivity index (χ0n) is 20.4. The Morgan fingerprint density at radius 2 is 1.49 bits per heavy atom. The molecule has 4 N–H and O–H groups in total. The molecule has 11 heteroatoms. The number of carbonyl (C=O) groups is 6. The van der Waals surface area contributed by atoms with Crippen molar-refractivity contribution in [1.29, 1.82) is 0 Å². The number of carbonyl (C=O) groups excluding carboxylic acids is 6. The van der Waals surface area contributed by atoms with E-state index in [1.807, 2.05) is 44.2 Å². The Morgan fingerprint density at radius 3 is 2.03 bits per heavy atom. The van der Waals surface area contributed by atoms with Crippen LogP contribution in [0, 0.1) is 5.92 Å². The molecular formula is C24H33ClN4O6. The van der Waals surface area contributed by atoms with E-state index in [-0.39, 0.29) is 18.8 Å². The zero-order valence-corrected chi connectivity index (χ0v) is 21.1. The maximum atomic E-state index is 12.6. The molecule has 0 aliphatic rings. The number of Topliss-reactive ketones (excluding diaryl/α,β-unsaturated/α-hetero) is 2. The van der Waals surface area contributed by atoms with Crippen molar-refractivity contribution in [2.75, 3.05) is 12.4 Å². The van der Waals surface area contributed by atoms with E-state index in [0.29, 0.717) is 0 Å². The van der Waals surface area contributed by atoms with Crippen molar-refractivity contribution in [2.45, 2.75) is 58.7 Å². The lowest BCUT2D eigenvalue weighted by atomic mass is 9.98. The Bertz CT molecular complexity index is 922. The van der Waals surface area contributed by atoms with Crippen molar-refractivity contribution >= 4 is 46.8 Å². The minimum atomic E-state index is -1.05. The summed E-state index contributed by atoms with van der Waals surface area (Å²) in [6.07, 6.45) is 0.467. The smallest absolute Gasteiger partial charge is 0.243 e. The maximum Gasteiger partial charge on any atom is 0.243 e. The van der Waals surface area contributed by atoms with Crippen LogP contribution in [-0.4, -0.2) is 65.7 Å². The number of nitrogens with one attached hydrogen (secondary N) is 4. The molecule has 4 amide bonds. The molecule has 0 unspecified atom stereocenters. The van der Waals surface area contributed by atoms with Gasteiger partial charge in [0.05, 0.1) is 18.5 Å². The van der Waals surface area contributed by atoms with E-state index < -0.39 is 65.7 Å². The number of hydrogen-bond donors (Lipinski definition) is 4. The topological polar surface area (TPSA) is 151 Å². The van der Waals surface area contributed by atoms with Gasteiger partial charge in [0.1, 0.15) is 12.1 Å². The van der Waals surface area contributed by atoms with Crippen LogP contribution in [0.3, 0.4) is 0 Å². The Labute approximate surface area is 209 Å². The van der Waals surface area contributed by atoms with Gasteiger partial charge in [0.15, 0.2) is 0 Å². The second kappa shape index (κ2) is 14.9. The number of benzene rings is 1. The molecule has 192 valence electrons. The lowest BCUT2D eigenvalue weighted by Gasteiger charge is -2.22. The molecule has 35 heavy (non-hydrogen) atoms. The summed E-state index contributed by atoms with van der Waals surface area (Å²) in [5.41, 5.74) is 0.828. The summed E-state index contributed by atoms with van der Waals surface area (Å²) in [5.74, 6) is -4.33. The Kier molecular flexibility index (Phi) is 12.6. The van der Waals surface area contributed by atoms with E-state index >= 15 is 0 Å². The van der Waals surface area contributed by atoms with Crippen molar-refractivity contribution in [3.8, 4) is 0 Å². The molecule has 0 aliphatic heterocycles. The summed E-state index contributed by atoms with van der Waals surface area (Å²) in [5, 5.41) is 9.92. The van der Waals surface area contributed by atoms with Gasteiger partial charge in [-0.15, -0.1) is 11.6 Å². The molecule has 0 saturated heterocycles. The van der Waals surface area contributed by atoms with Crippen LogP contribution < -0.4 is 21.3 Å². The summed E-state index contributed by atoms with van der Waals surface area (Å²) in [6, 6.07) is 6.10. The molecule has 10 nitrogen and oxygen atoms in total. The predicted molar refractivity (Wildman–Crippen MR) is 130 cm³/mol. The first-order valence-corrected chi connectivity index (χ1v) is 11.8. The van der Waals surface area contributed by atoms with Crippen LogP contribution in [-0.2, 0) is 35.2 Å². The lowest BCUT2D eigenvalue weighted by Crippen LogP contribution is -2.54. The Morgan fingerprint density at radius 1 is 0.857 bits per heavy atom. The average molecular weight is 509 g/mol. The van der Waals surface area contributed by atoms with Crippen molar-refractivity contribution in [3.05, 3.63) is 35.9 Å². The summed E-state index contributed by atoms with van der Waals surface area (Å²) in [7, 11) is 0. The number of amides is 4. The fraction of sp³-hybridized carbons (Fsp3) is 0.500. The third-order valence-electron chi connectivity index (χ3n) is 4.91. The van der Waals surface area contributed by atoms with E-state index in [0.717, 1.165) is 5.56 Å². The van der Waals surface area contributed by atoms with Crippen LogP contribution in [0.2, 0.25) is 0 Å². The van der Waals surface area contributed by atoms with Gasteiger partial charge in [0, 0.05) is 13.3 Å². The van der Waals surface area contributed by atoms with Crippen LogP contribution in [0.4, 0.5) is 0 Å². The molecular weight excluding hydrogens is 476 g/mol. The highest BCUT2D eigenvalue weighted by Crippen LogP contribution is 2.07. The van der Waals surface area contributed by atoms with Crippen molar-refractivity contribution in [2.24, 2.45) is 5.92 Å². The van der Waals surface area contributed by atoms with E-state index in [1.54, 1.807) is 0 Å². The highest BCUT2D eigenvalue weighted by Gasteiger charge is 2.29. The molecule has 1 aromatic rings.